The predicted molar refractivity (Wildman–Crippen MR) is 133 cm³/mol. The first-order chi connectivity index (χ1) is 15.8. The molecule has 32 heavy (non-hydrogen) atoms. The monoisotopic (exact) mass is 438 g/mol. The number of rotatable bonds is 18. The SMILES string of the molecule is O=C(OCCCCCCCCc1ccccc1)OCCCCCCCCc1ccccc1. The number of carbonyl (C=O) groups excluding carboxylic acids is 1. The van der Waals surface area contributed by atoms with E-state index in [0.717, 1.165) is 25.7 Å². The molecule has 0 aliphatic rings. The summed E-state index contributed by atoms with van der Waals surface area (Å²) >= 11 is 0. The van der Waals surface area contributed by atoms with E-state index in [1.54, 1.807) is 0 Å². The van der Waals surface area contributed by atoms with Crippen LogP contribution in [0.15, 0.2) is 60.7 Å². The summed E-state index contributed by atoms with van der Waals surface area (Å²) in [5, 5.41) is 0. The third-order valence-electron chi connectivity index (χ3n) is 5.85. The van der Waals surface area contributed by atoms with Crippen LogP contribution in [0.3, 0.4) is 0 Å². The minimum absolute atomic E-state index is 0.476. The molecule has 0 aliphatic carbocycles. The molecule has 2 aromatic carbocycles. The first-order valence-electron chi connectivity index (χ1n) is 12.7. The van der Waals surface area contributed by atoms with Gasteiger partial charge in [0.1, 0.15) is 0 Å². The second kappa shape index (κ2) is 18.3. The predicted octanol–water partition coefficient (Wildman–Crippen LogP) is 8.31. The maximum absolute atomic E-state index is 11.6. The van der Waals surface area contributed by atoms with Crippen molar-refractivity contribution >= 4 is 6.16 Å². The zero-order valence-corrected chi connectivity index (χ0v) is 19.8. The molecule has 0 aromatic heterocycles. The molecule has 2 aromatic rings. The van der Waals surface area contributed by atoms with Gasteiger partial charge in [0.2, 0.25) is 0 Å². The van der Waals surface area contributed by atoms with Gasteiger partial charge in [-0.1, -0.05) is 112 Å². The first-order valence-corrected chi connectivity index (χ1v) is 12.7. The minimum atomic E-state index is -0.504. The van der Waals surface area contributed by atoms with E-state index in [2.05, 4.69) is 60.7 Å². The van der Waals surface area contributed by atoms with Gasteiger partial charge in [0.15, 0.2) is 0 Å². The van der Waals surface area contributed by atoms with Crippen molar-refractivity contribution in [3.8, 4) is 0 Å². The van der Waals surface area contributed by atoms with Crippen LogP contribution in [0.5, 0.6) is 0 Å². The van der Waals surface area contributed by atoms with Crippen LogP contribution in [-0.4, -0.2) is 19.4 Å². The topological polar surface area (TPSA) is 35.5 Å². The highest BCUT2D eigenvalue weighted by atomic mass is 16.7. The second-order valence-corrected chi connectivity index (χ2v) is 8.66. The zero-order valence-electron chi connectivity index (χ0n) is 19.8. The number of hydrogen-bond acceptors (Lipinski definition) is 3. The van der Waals surface area contributed by atoms with Crippen LogP contribution >= 0.6 is 0 Å². The molecule has 0 bridgehead atoms. The average Bonchev–Trinajstić information content (AvgIpc) is 2.83. The normalized spacial score (nSPS) is 10.8. The van der Waals surface area contributed by atoms with Gasteiger partial charge >= 0.3 is 6.16 Å². The molecule has 0 radical (unpaired) electrons. The molecule has 3 heteroatoms. The summed E-state index contributed by atoms with van der Waals surface area (Å²) in [6.45, 7) is 0.953. The van der Waals surface area contributed by atoms with E-state index in [1.807, 2.05) is 0 Å². The van der Waals surface area contributed by atoms with Gasteiger partial charge in [0, 0.05) is 0 Å². The van der Waals surface area contributed by atoms with E-state index in [9.17, 15) is 4.79 Å². The van der Waals surface area contributed by atoms with Crippen molar-refractivity contribution in [3.63, 3.8) is 0 Å². The lowest BCUT2D eigenvalue weighted by atomic mass is 10.1. The average molecular weight is 439 g/mol. The minimum Gasteiger partial charge on any atom is -0.434 e. The van der Waals surface area contributed by atoms with Crippen LogP contribution in [-0.2, 0) is 22.3 Å². The van der Waals surface area contributed by atoms with E-state index < -0.39 is 6.16 Å². The fraction of sp³-hybridized carbons (Fsp3) is 0.552. The molecule has 0 saturated carbocycles. The smallest absolute Gasteiger partial charge is 0.434 e. The Bertz CT molecular complexity index is 625. The van der Waals surface area contributed by atoms with Gasteiger partial charge in [0.05, 0.1) is 13.2 Å². The molecule has 0 N–H and O–H groups in total. The highest BCUT2D eigenvalue weighted by Crippen LogP contribution is 2.11. The molecular formula is C29H42O3. The number of aryl methyl sites for hydroxylation is 2. The van der Waals surface area contributed by atoms with Crippen molar-refractivity contribution in [2.45, 2.75) is 89.9 Å². The molecule has 0 amide bonds. The lowest BCUT2D eigenvalue weighted by Crippen LogP contribution is -2.09. The van der Waals surface area contributed by atoms with Crippen molar-refractivity contribution in [3.05, 3.63) is 71.8 Å². The fourth-order valence-electron chi connectivity index (χ4n) is 3.92. The standard InChI is InChI=1S/C29H42O3/c30-29(31-25-17-7-3-1-5-11-19-27-21-13-9-14-22-27)32-26-18-8-4-2-6-12-20-28-23-15-10-16-24-28/h9-10,13-16,21-24H,1-8,11-12,17-20,25-26H2. The summed E-state index contributed by atoms with van der Waals surface area (Å²) in [6.07, 6.45) is 15.9. The second-order valence-electron chi connectivity index (χ2n) is 8.66. The van der Waals surface area contributed by atoms with Crippen LogP contribution < -0.4 is 0 Å². The van der Waals surface area contributed by atoms with Gasteiger partial charge in [-0.25, -0.2) is 4.79 Å². The summed E-state index contributed by atoms with van der Waals surface area (Å²) in [7, 11) is 0. The zero-order chi connectivity index (χ0) is 22.5. The molecule has 0 unspecified atom stereocenters. The highest BCUT2D eigenvalue weighted by Gasteiger charge is 2.03. The molecule has 0 aliphatic heterocycles. The van der Waals surface area contributed by atoms with Crippen LogP contribution in [0.25, 0.3) is 0 Å². The van der Waals surface area contributed by atoms with Crippen molar-refractivity contribution in [1.82, 2.24) is 0 Å². The van der Waals surface area contributed by atoms with Gasteiger partial charge < -0.3 is 9.47 Å². The summed E-state index contributed by atoms with van der Waals surface area (Å²) in [4.78, 5) is 11.6. The lowest BCUT2D eigenvalue weighted by molar-refractivity contribution is 0.0529. The summed E-state index contributed by atoms with van der Waals surface area (Å²) in [6, 6.07) is 21.4. The molecule has 3 nitrogen and oxygen atoms in total. The highest BCUT2D eigenvalue weighted by molar-refractivity contribution is 5.59. The van der Waals surface area contributed by atoms with Gasteiger partial charge in [-0.05, 0) is 49.7 Å². The van der Waals surface area contributed by atoms with E-state index in [-0.39, 0.29) is 0 Å². The molecular weight excluding hydrogens is 396 g/mol. The summed E-state index contributed by atoms with van der Waals surface area (Å²) in [5.74, 6) is 0. The van der Waals surface area contributed by atoms with Crippen molar-refractivity contribution in [2.75, 3.05) is 13.2 Å². The Morgan fingerprint density at radius 2 is 0.812 bits per heavy atom. The Labute approximate surface area is 195 Å². The quantitative estimate of drug-likeness (QED) is 0.173. The number of carbonyl (C=O) groups is 1. The molecule has 0 heterocycles. The van der Waals surface area contributed by atoms with Crippen molar-refractivity contribution in [1.29, 1.82) is 0 Å². The summed E-state index contributed by atoms with van der Waals surface area (Å²) < 4.78 is 10.3. The number of ether oxygens (including phenoxy) is 2. The van der Waals surface area contributed by atoms with Gasteiger partial charge in [0.25, 0.3) is 0 Å². The van der Waals surface area contributed by atoms with Crippen LogP contribution in [0.4, 0.5) is 4.79 Å². The van der Waals surface area contributed by atoms with Gasteiger partial charge in [-0.2, -0.15) is 0 Å². The molecule has 0 saturated heterocycles. The van der Waals surface area contributed by atoms with Crippen molar-refractivity contribution in [2.24, 2.45) is 0 Å². The largest absolute Gasteiger partial charge is 0.508 e. The van der Waals surface area contributed by atoms with E-state index in [1.165, 1.54) is 75.3 Å². The Balaban J connectivity index is 1.27. The third kappa shape index (κ3) is 13.9. The lowest BCUT2D eigenvalue weighted by Gasteiger charge is -2.07. The molecule has 176 valence electrons. The number of benzene rings is 2. The Morgan fingerprint density at radius 3 is 1.22 bits per heavy atom. The third-order valence-corrected chi connectivity index (χ3v) is 5.85. The Morgan fingerprint density at radius 1 is 0.469 bits per heavy atom. The van der Waals surface area contributed by atoms with E-state index in [0.29, 0.717) is 13.2 Å². The molecule has 2 rings (SSSR count). The molecule has 0 fully saturated rings. The fourth-order valence-corrected chi connectivity index (χ4v) is 3.92. The Kier molecular flexibility index (Phi) is 14.8. The van der Waals surface area contributed by atoms with Gasteiger partial charge in [-0.15, -0.1) is 0 Å². The Hall–Kier alpha value is -2.29. The maximum atomic E-state index is 11.6. The van der Waals surface area contributed by atoms with E-state index >= 15 is 0 Å². The van der Waals surface area contributed by atoms with Crippen LogP contribution in [0, 0.1) is 0 Å². The van der Waals surface area contributed by atoms with Crippen LogP contribution in [0.2, 0.25) is 0 Å². The molecule has 0 atom stereocenters. The van der Waals surface area contributed by atoms with Crippen molar-refractivity contribution < 1.29 is 14.3 Å². The van der Waals surface area contributed by atoms with Crippen LogP contribution in [0.1, 0.15) is 88.2 Å². The van der Waals surface area contributed by atoms with E-state index in [4.69, 9.17) is 9.47 Å². The maximum Gasteiger partial charge on any atom is 0.508 e. The first kappa shape index (κ1) is 26.0. The molecule has 0 spiro atoms. The number of unbranched alkanes of at least 4 members (excludes halogenated alkanes) is 10. The van der Waals surface area contributed by atoms with Gasteiger partial charge in [-0.3, -0.25) is 0 Å². The summed E-state index contributed by atoms with van der Waals surface area (Å²) in [5.41, 5.74) is 2.86. The number of hydrogen-bond donors (Lipinski definition) is 0.